The fourth-order valence-electron chi connectivity index (χ4n) is 3.41. The molecule has 0 radical (unpaired) electrons. The van der Waals surface area contributed by atoms with Gasteiger partial charge in [0.05, 0.1) is 5.54 Å². The van der Waals surface area contributed by atoms with E-state index in [9.17, 15) is 0 Å². The van der Waals surface area contributed by atoms with E-state index in [-0.39, 0.29) is 0 Å². The van der Waals surface area contributed by atoms with Crippen LogP contribution in [0.3, 0.4) is 0 Å². The molecule has 2 aliphatic carbocycles. The molecule has 2 aromatic heterocycles. The first kappa shape index (κ1) is 14.8. The first-order chi connectivity index (χ1) is 12.2. The summed E-state index contributed by atoms with van der Waals surface area (Å²) in [5.74, 6) is 2.83. The Morgan fingerprint density at radius 3 is 2.60 bits per heavy atom. The largest absolute Gasteiger partial charge is 0.339 e. The second-order valence-electron chi connectivity index (χ2n) is 7.10. The monoisotopic (exact) mass is 337 g/mol. The van der Waals surface area contributed by atoms with Crippen LogP contribution in [0, 0.1) is 0 Å². The predicted molar refractivity (Wildman–Crippen MR) is 89.3 cm³/mol. The zero-order chi connectivity index (χ0) is 16.9. The van der Waals surface area contributed by atoms with Crippen molar-refractivity contribution in [3.05, 3.63) is 36.0 Å². The highest BCUT2D eigenvalue weighted by molar-refractivity contribution is 5.64. The second-order valence-corrected chi connectivity index (χ2v) is 7.10. The maximum atomic E-state index is 6.41. The molecule has 3 aromatic rings. The highest BCUT2D eigenvalue weighted by atomic mass is 16.5. The zero-order valence-electron chi connectivity index (χ0n) is 13.8. The summed E-state index contributed by atoms with van der Waals surface area (Å²) in [6, 6.07) is 7.75. The van der Waals surface area contributed by atoms with E-state index in [4.69, 9.17) is 14.8 Å². The van der Waals surface area contributed by atoms with Gasteiger partial charge in [0, 0.05) is 17.0 Å². The van der Waals surface area contributed by atoms with Gasteiger partial charge in [0.15, 0.2) is 5.82 Å². The van der Waals surface area contributed by atoms with Gasteiger partial charge in [0.1, 0.15) is 0 Å². The third-order valence-electron chi connectivity index (χ3n) is 5.10. The molecule has 7 nitrogen and oxygen atoms in total. The molecule has 0 atom stereocenters. The number of nitrogens with two attached hydrogens (primary N) is 1. The van der Waals surface area contributed by atoms with Crippen LogP contribution >= 0.6 is 0 Å². The van der Waals surface area contributed by atoms with Crippen molar-refractivity contribution in [3.63, 3.8) is 0 Å². The summed E-state index contributed by atoms with van der Waals surface area (Å²) in [6.45, 7) is 0. The van der Waals surface area contributed by atoms with Crippen LogP contribution < -0.4 is 5.73 Å². The first-order valence-electron chi connectivity index (χ1n) is 8.79. The van der Waals surface area contributed by atoms with Crippen molar-refractivity contribution in [1.82, 2.24) is 20.3 Å². The van der Waals surface area contributed by atoms with Crippen molar-refractivity contribution in [1.29, 1.82) is 0 Å². The van der Waals surface area contributed by atoms with Crippen molar-refractivity contribution in [3.8, 4) is 22.8 Å². The molecule has 2 fully saturated rings. The molecule has 0 spiro atoms. The molecule has 0 bridgehead atoms. The maximum Gasteiger partial charge on any atom is 0.258 e. The van der Waals surface area contributed by atoms with Crippen LogP contribution in [0.15, 0.2) is 33.3 Å². The highest BCUT2D eigenvalue weighted by Crippen LogP contribution is 2.40. The normalized spacial score (nSPS) is 19.4. The third kappa shape index (κ3) is 2.64. The van der Waals surface area contributed by atoms with Crippen molar-refractivity contribution in [2.75, 3.05) is 0 Å². The first-order valence-corrected chi connectivity index (χ1v) is 8.79. The second kappa shape index (κ2) is 5.49. The lowest BCUT2D eigenvalue weighted by Gasteiger charge is -2.17. The van der Waals surface area contributed by atoms with E-state index in [0.717, 1.165) is 55.5 Å². The van der Waals surface area contributed by atoms with Crippen LogP contribution in [0.4, 0.5) is 0 Å². The van der Waals surface area contributed by atoms with Gasteiger partial charge < -0.3 is 14.8 Å². The fourth-order valence-corrected chi connectivity index (χ4v) is 3.41. The van der Waals surface area contributed by atoms with E-state index in [1.165, 1.54) is 0 Å². The van der Waals surface area contributed by atoms with Crippen LogP contribution in [-0.4, -0.2) is 20.3 Å². The minimum absolute atomic E-state index is 0.440. The van der Waals surface area contributed by atoms with Crippen molar-refractivity contribution < 1.29 is 9.05 Å². The van der Waals surface area contributed by atoms with Crippen LogP contribution in [-0.2, 0) is 5.54 Å². The maximum absolute atomic E-state index is 6.41. The number of hydrogen-bond acceptors (Lipinski definition) is 7. The molecule has 2 heterocycles. The summed E-state index contributed by atoms with van der Waals surface area (Å²) in [4.78, 5) is 9.04. The molecule has 2 aliphatic rings. The van der Waals surface area contributed by atoms with E-state index < -0.39 is 5.54 Å². The summed E-state index contributed by atoms with van der Waals surface area (Å²) < 4.78 is 10.8. The van der Waals surface area contributed by atoms with Gasteiger partial charge in [0.2, 0.25) is 11.7 Å². The van der Waals surface area contributed by atoms with Crippen molar-refractivity contribution >= 4 is 0 Å². The average Bonchev–Trinajstić information content (AvgIpc) is 3.08. The number of nitrogens with zero attached hydrogens (tertiary/aromatic N) is 4. The Hall–Kier alpha value is -2.54. The highest BCUT2D eigenvalue weighted by Gasteiger charge is 2.36. The third-order valence-corrected chi connectivity index (χ3v) is 5.10. The van der Waals surface area contributed by atoms with Crippen LogP contribution in [0.1, 0.15) is 56.2 Å². The molecular formula is C18H19N5O2. The molecule has 0 aliphatic heterocycles. The Labute approximate surface area is 144 Å². The molecule has 128 valence electrons. The summed E-state index contributed by atoms with van der Waals surface area (Å²) in [7, 11) is 0. The van der Waals surface area contributed by atoms with Gasteiger partial charge in [0.25, 0.3) is 5.89 Å². The summed E-state index contributed by atoms with van der Waals surface area (Å²) >= 11 is 0. The molecule has 2 N–H and O–H groups in total. The lowest BCUT2D eigenvalue weighted by atomic mass is 9.98. The molecule has 0 saturated heterocycles. The topological polar surface area (TPSA) is 104 Å². The molecule has 1 aromatic carbocycles. The fraction of sp³-hybridized carbons (Fsp3) is 0.444. The number of rotatable bonds is 4. The summed E-state index contributed by atoms with van der Waals surface area (Å²) in [6.07, 6.45) is 6.28. The number of benzene rings is 1. The smallest absolute Gasteiger partial charge is 0.258 e. The lowest BCUT2D eigenvalue weighted by Crippen LogP contribution is -2.34. The molecule has 0 unspecified atom stereocenters. The van der Waals surface area contributed by atoms with Crippen LogP contribution in [0.5, 0.6) is 0 Å². The Bertz CT molecular complexity index is 906. The minimum atomic E-state index is -0.452. The Morgan fingerprint density at radius 2 is 1.80 bits per heavy atom. The van der Waals surface area contributed by atoms with Gasteiger partial charge in [-0.15, -0.1) is 0 Å². The van der Waals surface area contributed by atoms with Gasteiger partial charge in [-0.25, -0.2) is 0 Å². The summed E-state index contributed by atoms with van der Waals surface area (Å²) in [5, 5.41) is 8.21. The molecule has 25 heavy (non-hydrogen) atoms. The van der Waals surface area contributed by atoms with E-state index in [0.29, 0.717) is 23.5 Å². The molecule has 0 amide bonds. The average molecular weight is 337 g/mol. The molecule has 7 heteroatoms. The Kier molecular flexibility index (Phi) is 3.24. The van der Waals surface area contributed by atoms with E-state index >= 15 is 0 Å². The number of hydrogen-bond donors (Lipinski definition) is 1. The predicted octanol–water partition coefficient (Wildman–Crippen LogP) is 3.39. The van der Waals surface area contributed by atoms with Gasteiger partial charge in [-0.1, -0.05) is 35.3 Å². The van der Waals surface area contributed by atoms with Gasteiger partial charge in [-0.3, -0.25) is 0 Å². The van der Waals surface area contributed by atoms with E-state index in [2.05, 4.69) is 20.3 Å². The van der Waals surface area contributed by atoms with Gasteiger partial charge >= 0.3 is 0 Å². The molecule has 5 rings (SSSR count). The van der Waals surface area contributed by atoms with Crippen molar-refractivity contribution in [2.24, 2.45) is 5.73 Å². The van der Waals surface area contributed by atoms with Gasteiger partial charge in [-0.2, -0.15) is 9.97 Å². The van der Waals surface area contributed by atoms with Crippen LogP contribution in [0.25, 0.3) is 22.8 Å². The van der Waals surface area contributed by atoms with E-state index in [1.807, 2.05) is 24.3 Å². The number of aromatic nitrogens is 4. The minimum Gasteiger partial charge on any atom is -0.339 e. The quantitative estimate of drug-likeness (QED) is 0.778. The lowest BCUT2D eigenvalue weighted by molar-refractivity contribution is 0.372. The Morgan fingerprint density at radius 1 is 1.00 bits per heavy atom. The molecule has 2 saturated carbocycles. The SMILES string of the molecule is NC1(c2noc(-c3cccc(-c4noc(C5CC5)n4)c3)n2)CCCC1. The summed E-state index contributed by atoms with van der Waals surface area (Å²) in [5.41, 5.74) is 7.66. The van der Waals surface area contributed by atoms with Crippen LogP contribution in [0.2, 0.25) is 0 Å². The Balaban J connectivity index is 1.45. The molecular weight excluding hydrogens is 318 g/mol. The van der Waals surface area contributed by atoms with Gasteiger partial charge in [-0.05, 0) is 37.8 Å². The zero-order valence-corrected chi connectivity index (χ0v) is 13.8. The standard InChI is InChI=1S/C18H19N5O2/c19-18(8-1-2-9-18)17-21-16(25-23-17)13-5-3-4-12(10-13)14-20-15(24-22-14)11-6-7-11/h3-5,10-11H,1-2,6-9,19H2. The van der Waals surface area contributed by atoms with E-state index in [1.54, 1.807) is 0 Å². The van der Waals surface area contributed by atoms with Crippen molar-refractivity contribution in [2.45, 2.75) is 50.0 Å².